The van der Waals surface area contributed by atoms with Crippen molar-refractivity contribution in [3.05, 3.63) is 35.9 Å². The van der Waals surface area contributed by atoms with Crippen LogP contribution >= 0.6 is 0 Å². The van der Waals surface area contributed by atoms with E-state index in [0.29, 0.717) is 5.56 Å². The molecule has 0 aliphatic heterocycles. The molecule has 5 heteroatoms. The molecule has 2 amide bonds. The number of nitrogens with zero attached hydrogens (tertiary/aromatic N) is 1. The second-order valence-corrected chi connectivity index (χ2v) is 5.55. The van der Waals surface area contributed by atoms with E-state index < -0.39 is 6.10 Å². The summed E-state index contributed by atoms with van der Waals surface area (Å²) in [5.74, 6) is -0.414. The average molecular weight is 290 g/mol. The number of carbonyl (C=O) groups excluding carboxylic acids is 2. The molecule has 0 spiro atoms. The summed E-state index contributed by atoms with van der Waals surface area (Å²) in [5, 5.41) is 12.7. The lowest BCUT2D eigenvalue weighted by Gasteiger charge is -2.29. The first-order valence-corrected chi connectivity index (χ1v) is 7.36. The van der Waals surface area contributed by atoms with Crippen molar-refractivity contribution in [2.75, 3.05) is 13.6 Å². The first kappa shape index (κ1) is 15.5. The van der Waals surface area contributed by atoms with Crippen molar-refractivity contribution in [3.63, 3.8) is 0 Å². The van der Waals surface area contributed by atoms with Crippen LogP contribution in [0.2, 0.25) is 0 Å². The third-order valence-electron chi connectivity index (χ3n) is 3.82. The average Bonchev–Trinajstić information content (AvgIpc) is 2.49. The van der Waals surface area contributed by atoms with Crippen LogP contribution in [0.25, 0.3) is 0 Å². The summed E-state index contributed by atoms with van der Waals surface area (Å²) >= 11 is 0. The molecule has 0 heterocycles. The molecule has 2 rings (SSSR count). The minimum atomic E-state index is -0.474. The maximum Gasteiger partial charge on any atom is 0.254 e. The summed E-state index contributed by atoms with van der Waals surface area (Å²) in [5.41, 5.74) is 0.561. The summed E-state index contributed by atoms with van der Waals surface area (Å²) in [7, 11) is 1.60. The lowest BCUT2D eigenvalue weighted by molar-refractivity contribution is -0.123. The highest BCUT2D eigenvalue weighted by atomic mass is 16.3. The number of hydrogen-bond donors (Lipinski definition) is 2. The fourth-order valence-corrected chi connectivity index (χ4v) is 2.62. The van der Waals surface area contributed by atoms with Crippen LogP contribution in [0.4, 0.5) is 0 Å². The van der Waals surface area contributed by atoms with Gasteiger partial charge in [-0.3, -0.25) is 9.59 Å². The molecule has 1 aromatic rings. The molecule has 0 saturated heterocycles. The molecule has 0 aromatic heterocycles. The Morgan fingerprint density at radius 1 is 1.24 bits per heavy atom. The molecule has 2 atom stereocenters. The Labute approximate surface area is 125 Å². The van der Waals surface area contributed by atoms with Gasteiger partial charge in [-0.1, -0.05) is 31.0 Å². The molecular formula is C16H22N2O3. The Morgan fingerprint density at radius 2 is 1.90 bits per heavy atom. The summed E-state index contributed by atoms with van der Waals surface area (Å²) in [6.07, 6.45) is 3.06. The molecule has 1 aromatic carbocycles. The van der Waals surface area contributed by atoms with Gasteiger partial charge in [0.2, 0.25) is 5.91 Å². The van der Waals surface area contributed by atoms with Crippen LogP contribution in [0.5, 0.6) is 0 Å². The summed E-state index contributed by atoms with van der Waals surface area (Å²) in [6.45, 7) is -0.00303. The maximum atomic E-state index is 12.1. The SMILES string of the molecule is CN(CC(=O)NC1CCCCC1O)C(=O)c1ccccc1. The summed E-state index contributed by atoms with van der Waals surface area (Å²) < 4.78 is 0. The minimum Gasteiger partial charge on any atom is -0.391 e. The van der Waals surface area contributed by atoms with E-state index in [1.54, 1.807) is 31.3 Å². The largest absolute Gasteiger partial charge is 0.391 e. The Kier molecular flexibility index (Phi) is 5.33. The van der Waals surface area contributed by atoms with Gasteiger partial charge in [0.25, 0.3) is 5.91 Å². The van der Waals surface area contributed by atoms with Gasteiger partial charge in [0.05, 0.1) is 18.7 Å². The molecule has 1 saturated carbocycles. The molecular weight excluding hydrogens is 268 g/mol. The van der Waals surface area contributed by atoms with Crippen LogP contribution in [0, 0.1) is 0 Å². The van der Waals surface area contributed by atoms with Crippen molar-refractivity contribution in [1.82, 2.24) is 10.2 Å². The highest BCUT2D eigenvalue weighted by Crippen LogP contribution is 2.18. The van der Waals surface area contributed by atoms with E-state index in [4.69, 9.17) is 0 Å². The topological polar surface area (TPSA) is 69.6 Å². The first-order valence-electron chi connectivity index (χ1n) is 7.36. The van der Waals surface area contributed by atoms with Gasteiger partial charge in [0, 0.05) is 12.6 Å². The Morgan fingerprint density at radius 3 is 2.57 bits per heavy atom. The molecule has 5 nitrogen and oxygen atoms in total. The van der Waals surface area contributed by atoms with E-state index in [0.717, 1.165) is 25.7 Å². The lowest BCUT2D eigenvalue weighted by atomic mass is 9.92. The van der Waals surface area contributed by atoms with Gasteiger partial charge in [0.15, 0.2) is 0 Å². The Hall–Kier alpha value is -1.88. The number of hydrogen-bond acceptors (Lipinski definition) is 3. The fraction of sp³-hybridized carbons (Fsp3) is 0.500. The van der Waals surface area contributed by atoms with Gasteiger partial charge in [-0.25, -0.2) is 0 Å². The van der Waals surface area contributed by atoms with E-state index in [2.05, 4.69) is 5.32 Å². The van der Waals surface area contributed by atoms with Gasteiger partial charge in [-0.15, -0.1) is 0 Å². The number of benzene rings is 1. The van der Waals surface area contributed by atoms with E-state index >= 15 is 0 Å². The van der Waals surface area contributed by atoms with Gasteiger partial charge in [0.1, 0.15) is 0 Å². The van der Waals surface area contributed by atoms with E-state index in [9.17, 15) is 14.7 Å². The standard InChI is InChI=1S/C16H22N2O3/c1-18(16(21)12-7-3-2-4-8-12)11-15(20)17-13-9-5-6-10-14(13)19/h2-4,7-8,13-14,19H,5-6,9-11H2,1H3,(H,17,20). The summed E-state index contributed by atoms with van der Waals surface area (Å²) in [6, 6.07) is 8.68. The maximum absolute atomic E-state index is 12.1. The van der Waals surface area contributed by atoms with E-state index in [1.165, 1.54) is 4.90 Å². The zero-order valence-electron chi connectivity index (χ0n) is 12.3. The highest BCUT2D eigenvalue weighted by Gasteiger charge is 2.25. The van der Waals surface area contributed by atoms with Crippen molar-refractivity contribution in [1.29, 1.82) is 0 Å². The normalized spacial score (nSPS) is 21.6. The molecule has 0 bridgehead atoms. The van der Waals surface area contributed by atoms with Crippen LogP contribution in [0.3, 0.4) is 0 Å². The molecule has 114 valence electrons. The number of likely N-dealkylation sites (N-methyl/N-ethyl adjacent to an activating group) is 1. The molecule has 1 fully saturated rings. The number of aliphatic hydroxyl groups is 1. The lowest BCUT2D eigenvalue weighted by Crippen LogP contribution is -2.48. The second-order valence-electron chi connectivity index (χ2n) is 5.55. The smallest absolute Gasteiger partial charge is 0.254 e. The Balaban J connectivity index is 1.85. The van der Waals surface area contributed by atoms with Gasteiger partial charge in [-0.05, 0) is 25.0 Å². The number of nitrogens with one attached hydrogen (secondary N) is 1. The third-order valence-corrected chi connectivity index (χ3v) is 3.82. The predicted molar refractivity (Wildman–Crippen MR) is 79.8 cm³/mol. The van der Waals surface area contributed by atoms with E-state index in [1.807, 2.05) is 6.07 Å². The monoisotopic (exact) mass is 290 g/mol. The molecule has 21 heavy (non-hydrogen) atoms. The molecule has 1 aliphatic rings. The fourth-order valence-electron chi connectivity index (χ4n) is 2.62. The molecule has 1 aliphatic carbocycles. The van der Waals surface area contributed by atoms with Crippen LogP contribution in [0.15, 0.2) is 30.3 Å². The van der Waals surface area contributed by atoms with Crippen LogP contribution < -0.4 is 5.32 Å². The highest BCUT2D eigenvalue weighted by molar-refractivity contribution is 5.96. The van der Waals surface area contributed by atoms with Crippen molar-refractivity contribution >= 4 is 11.8 Å². The predicted octanol–water partition coefficient (Wildman–Crippen LogP) is 1.18. The van der Waals surface area contributed by atoms with Crippen LogP contribution in [-0.4, -0.2) is 47.6 Å². The van der Waals surface area contributed by atoms with Crippen LogP contribution in [0.1, 0.15) is 36.0 Å². The van der Waals surface area contributed by atoms with Crippen LogP contribution in [-0.2, 0) is 4.79 Å². The van der Waals surface area contributed by atoms with Crippen molar-refractivity contribution < 1.29 is 14.7 Å². The van der Waals surface area contributed by atoms with Crippen molar-refractivity contribution in [3.8, 4) is 0 Å². The van der Waals surface area contributed by atoms with Gasteiger partial charge < -0.3 is 15.3 Å². The molecule has 2 N–H and O–H groups in total. The van der Waals surface area contributed by atoms with Crippen molar-refractivity contribution in [2.45, 2.75) is 37.8 Å². The zero-order chi connectivity index (χ0) is 15.2. The number of amides is 2. The Bertz CT molecular complexity index is 490. The number of aliphatic hydroxyl groups excluding tert-OH is 1. The van der Waals surface area contributed by atoms with Gasteiger partial charge >= 0.3 is 0 Å². The first-order chi connectivity index (χ1) is 10.1. The third kappa shape index (κ3) is 4.29. The molecule has 2 unspecified atom stereocenters. The zero-order valence-corrected chi connectivity index (χ0v) is 12.3. The minimum absolute atomic E-state index is 0.00303. The summed E-state index contributed by atoms with van der Waals surface area (Å²) in [4.78, 5) is 25.5. The quantitative estimate of drug-likeness (QED) is 0.875. The van der Waals surface area contributed by atoms with E-state index in [-0.39, 0.29) is 24.4 Å². The number of rotatable bonds is 4. The second kappa shape index (κ2) is 7.22. The number of carbonyl (C=O) groups is 2. The van der Waals surface area contributed by atoms with Gasteiger partial charge in [-0.2, -0.15) is 0 Å². The molecule has 0 radical (unpaired) electrons. The van der Waals surface area contributed by atoms with Crippen molar-refractivity contribution in [2.24, 2.45) is 0 Å².